The van der Waals surface area contributed by atoms with Crippen molar-refractivity contribution in [2.45, 2.75) is 57.2 Å². The number of rotatable bonds is 0. The molecule has 3 aliphatic heterocycles. The maximum Gasteiger partial charge on any atom is 0.315 e. The van der Waals surface area contributed by atoms with E-state index in [-0.39, 0.29) is 41.5 Å². The zero-order chi connectivity index (χ0) is 18.1. The van der Waals surface area contributed by atoms with E-state index in [0.29, 0.717) is 31.6 Å². The van der Waals surface area contributed by atoms with Crippen molar-refractivity contribution >= 4 is 5.97 Å². The largest absolute Gasteiger partial charge is 0.461 e. The van der Waals surface area contributed by atoms with E-state index < -0.39 is 23.0 Å². The fraction of sp³-hybridized carbons (Fsp3) is 0.850. The maximum atomic E-state index is 13.2. The van der Waals surface area contributed by atoms with Gasteiger partial charge in [0, 0.05) is 17.3 Å². The summed E-state index contributed by atoms with van der Waals surface area (Å²) in [7, 11) is 0. The molecule has 2 N–H and O–H groups in total. The number of carbonyl (C=O) groups excluding carboxylic acids is 1. The van der Waals surface area contributed by atoms with Crippen LogP contribution in [0.3, 0.4) is 0 Å². The number of aliphatic hydroxyl groups excluding tert-OH is 2. The second kappa shape index (κ2) is 4.54. The molecule has 3 saturated carbocycles. The van der Waals surface area contributed by atoms with Crippen LogP contribution in [-0.2, 0) is 19.0 Å². The molecule has 6 nitrogen and oxygen atoms in total. The van der Waals surface area contributed by atoms with Gasteiger partial charge in [-0.15, -0.1) is 0 Å². The highest BCUT2D eigenvalue weighted by molar-refractivity contribution is 5.82. The Morgan fingerprint density at radius 1 is 1.19 bits per heavy atom. The third-order valence-electron chi connectivity index (χ3n) is 8.88. The first-order valence-electron chi connectivity index (χ1n) is 9.84. The summed E-state index contributed by atoms with van der Waals surface area (Å²) in [6.45, 7) is 7.34. The number of ether oxygens (including phenoxy) is 3. The van der Waals surface area contributed by atoms with Crippen LogP contribution in [0.25, 0.3) is 0 Å². The SMILES string of the molecule is C=C1[C@@H]2C[C@@H](O)[C@@H]3[C@](C2)(C(=O)O[C@H]2CC[C@@]4(C)CO[C@H]5OC[C@]23C54)[C@@H]1O. The molecule has 3 saturated heterocycles. The number of carbonyl (C=O) groups is 1. The van der Waals surface area contributed by atoms with E-state index >= 15 is 0 Å². The third kappa shape index (κ3) is 1.45. The van der Waals surface area contributed by atoms with Gasteiger partial charge in [0.25, 0.3) is 0 Å². The lowest BCUT2D eigenvalue weighted by atomic mass is 9.43. The molecule has 10 atom stereocenters. The van der Waals surface area contributed by atoms with Crippen molar-refractivity contribution in [2.24, 2.45) is 34.0 Å². The molecule has 0 radical (unpaired) electrons. The molecule has 1 unspecified atom stereocenters. The van der Waals surface area contributed by atoms with Gasteiger partial charge in [-0.25, -0.2) is 0 Å². The first kappa shape index (κ1) is 16.0. The lowest BCUT2D eigenvalue weighted by Gasteiger charge is -2.62. The Kier molecular flexibility index (Phi) is 2.80. The maximum absolute atomic E-state index is 13.2. The minimum absolute atomic E-state index is 0.0235. The molecule has 6 heteroatoms. The van der Waals surface area contributed by atoms with Crippen LogP contribution in [0.1, 0.15) is 32.6 Å². The van der Waals surface area contributed by atoms with Crippen LogP contribution >= 0.6 is 0 Å². The fourth-order valence-electron chi connectivity index (χ4n) is 7.96. The number of hydrogen-bond donors (Lipinski definition) is 2. The highest BCUT2D eigenvalue weighted by Gasteiger charge is 2.80. The van der Waals surface area contributed by atoms with Gasteiger partial charge in [0.05, 0.1) is 25.4 Å². The molecular weight excluding hydrogens is 336 g/mol. The molecule has 3 aliphatic carbocycles. The average Bonchev–Trinajstić information content (AvgIpc) is 3.22. The van der Waals surface area contributed by atoms with Crippen molar-refractivity contribution in [2.75, 3.05) is 13.2 Å². The smallest absolute Gasteiger partial charge is 0.315 e. The molecule has 3 heterocycles. The van der Waals surface area contributed by atoms with Gasteiger partial charge in [-0.05, 0) is 42.6 Å². The minimum Gasteiger partial charge on any atom is -0.461 e. The summed E-state index contributed by atoms with van der Waals surface area (Å²) in [5.74, 6) is -0.664. The fourth-order valence-corrected chi connectivity index (χ4v) is 7.96. The summed E-state index contributed by atoms with van der Waals surface area (Å²) in [6.07, 6.45) is 0.570. The lowest BCUT2D eigenvalue weighted by molar-refractivity contribution is -0.259. The molecule has 2 spiro atoms. The summed E-state index contributed by atoms with van der Waals surface area (Å²) in [6, 6.07) is 0. The number of aliphatic hydroxyl groups is 2. The first-order valence-corrected chi connectivity index (χ1v) is 9.84. The molecule has 0 aromatic rings. The summed E-state index contributed by atoms with van der Waals surface area (Å²) >= 11 is 0. The Labute approximate surface area is 152 Å². The van der Waals surface area contributed by atoms with E-state index in [1.165, 1.54) is 0 Å². The molecule has 26 heavy (non-hydrogen) atoms. The van der Waals surface area contributed by atoms with Crippen LogP contribution < -0.4 is 0 Å². The zero-order valence-electron chi connectivity index (χ0n) is 15.0. The molecule has 6 rings (SSSR count). The predicted molar refractivity (Wildman–Crippen MR) is 88.6 cm³/mol. The predicted octanol–water partition coefficient (Wildman–Crippen LogP) is 1.01. The van der Waals surface area contributed by atoms with E-state index in [1.807, 2.05) is 0 Å². The summed E-state index contributed by atoms with van der Waals surface area (Å²) in [5.41, 5.74) is -0.942. The highest BCUT2D eigenvalue weighted by atomic mass is 16.7. The van der Waals surface area contributed by atoms with E-state index in [2.05, 4.69) is 13.5 Å². The first-order chi connectivity index (χ1) is 12.3. The van der Waals surface area contributed by atoms with Gasteiger partial charge >= 0.3 is 5.97 Å². The normalized spacial score (nSPS) is 62.5. The van der Waals surface area contributed by atoms with Crippen LogP contribution in [0.15, 0.2) is 12.2 Å². The second-order valence-corrected chi connectivity index (χ2v) is 9.87. The highest BCUT2D eigenvalue weighted by Crippen LogP contribution is 2.73. The Bertz CT molecular complexity index is 721. The van der Waals surface area contributed by atoms with Gasteiger partial charge in [0.2, 0.25) is 0 Å². The van der Waals surface area contributed by atoms with Gasteiger partial charge in [-0.1, -0.05) is 13.5 Å². The van der Waals surface area contributed by atoms with Crippen LogP contribution in [0, 0.1) is 34.0 Å². The van der Waals surface area contributed by atoms with E-state index in [0.717, 1.165) is 12.8 Å². The molecule has 6 aliphatic rings. The molecule has 2 bridgehead atoms. The van der Waals surface area contributed by atoms with Crippen molar-refractivity contribution in [1.29, 1.82) is 0 Å². The van der Waals surface area contributed by atoms with Crippen molar-refractivity contribution in [1.82, 2.24) is 0 Å². The van der Waals surface area contributed by atoms with Crippen LogP contribution in [-0.4, -0.2) is 54.0 Å². The molecule has 0 amide bonds. The van der Waals surface area contributed by atoms with Gasteiger partial charge in [-0.3, -0.25) is 4.79 Å². The zero-order valence-corrected chi connectivity index (χ0v) is 15.0. The van der Waals surface area contributed by atoms with Crippen molar-refractivity contribution in [3.8, 4) is 0 Å². The van der Waals surface area contributed by atoms with E-state index in [9.17, 15) is 15.0 Å². The number of esters is 1. The average molecular weight is 362 g/mol. The monoisotopic (exact) mass is 362 g/mol. The second-order valence-electron chi connectivity index (χ2n) is 9.87. The quantitative estimate of drug-likeness (QED) is 0.494. The Morgan fingerprint density at radius 2 is 1.96 bits per heavy atom. The Balaban J connectivity index is 1.58. The van der Waals surface area contributed by atoms with Crippen LogP contribution in [0.4, 0.5) is 0 Å². The topological polar surface area (TPSA) is 85.2 Å². The third-order valence-corrected chi connectivity index (χ3v) is 8.88. The van der Waals surface area contributed by atoms with Gasteiger partial charge in [-0.2, -0.15) is 0 Å². The van der Waals surface area contributed by atoms with Crippen LogP contribution in [0.5, 0.6) is 0 Å². The standard InChI is InChI=1S/C20H26O6/c1-9-10-5-11(21)13-19(6-10,15(9)22)17(23)26-12-3-4-18(2)7-24-16-14(18)20(12,13)8-25-16/h10-16,21-22H,1,3-8H2,2H3/t10-,11-,12+,13-,14?,15-,16+,18+,19+,20+/m1/s1. The summed E-state index contributed by atoms with van der Waals surface area (Å²) in [4.78, 5) is 13.2. The number of hydrogen-bond acceptors (Lipinski definition) is 6. The van der Waals surface area contributed by atoms with Gasteiger partial charge in [0.15, 0.2) is 6.29 Å². The Hall–Kier alpha value is -0.950. The minimum atomic E-state index is -1.09. The summed E-state index contributed by atoms with van der Waals surface area (Å²) < 4.78 is 18.1. The van der Waals surface area contributed by atoms with Crippen molar-refractivity contribution in [3.05, 3.63) is 12.2 Å². The van der Waals surface area contributed by atoms with Gasteiger partial charge < -0.3 is 24.4 Å². The molecular formula is C20H26O6. The van der Waals surface area contributed by atoms with Crippen molar-refractivity contribution < 1.29 is 29.2 Å². The van der Waals surface area contributed by atoms with Gasteiger partial charge in [0.1, 0.15) is 11.5 Å². The van der Waals surface area contributed by atoms with Crippen molar-refractivity contribution in [3.63, 3.8) is 0 Å². The summed E-state index contributed by atoms with van der Waals surface area (Å²) in [5, 5.41) is 22.3. The molecule has 6 fully saturated rings. The van der Waals surface area contributed by atoms with Crippen LogP contribution in [0.2, 0.25) is 0 Å². The molecule has 0 aromatic heterocycles. The lowest BCUT2D eigenvalue weighted by Crippen LogP contribution is -2.71. The van der Waals surface area contributed by atoms with E-state index in [1.54, 1.807) is 0 Å². The molecule has 142 valence electrons. The number of fused-ring (bicyclic) bond motifs is 1. The Morgan fingerprint density at radius 3 is 2.77 bits per heavy atom. The van der Waals surface area contributed by atoms with E-state index in [4.69, 9.17) is 14.2 Å². The molecule has 0 aromatic carbocycles.